The molecule has 0 aliphatic rings. The average Bonchev–Trinajstić information content (AvgIpc) is 2.37. The number of nitrogens with zero attached hydrogens (tertiary/aromatic N) is 1. The number of aliphatic carboxylic acids is 1. The molecule has 118 valence electrons. The van der Waals surface area contributed by atoms with E-state index in [1.807, 2.05) is 27.7 Å². The second-order valence-corrected chi connectivity index (χ2v) is 5.69. The van der Waals surface area contributed by atoms with Crippen molar-refractivity contribution in [2.75, 3.05) is 13.1 Å². The van der Waals surface area contributed by atoms with Crippen LogP contribution < -0.4 is 5.32 Å². The third-order valence-electron chi connectivity index (χ3n) is 3.45. The first-order valence-corrected chi connectivity index (χ1v) is 7.60. The minimum absolute atomic E-state index is 0.198. The van der Waals surface area contributed by atoms with E-state index in [0.717, 1.165) is 25.9 Å². The lowest BCUT2D eigenvalue weighted by Crippen LogP contribution is -2.51. The van der Waals surface area contributed by atoms with Crippen LogP contribution in [0.25, 0.3) is 0 Å². The Hall–Kier alpha value is -1.10. The van der Waals surface area contributed by atoms with Crippen molar-refractivity contribution in [1.82, 2.24) is 10.2 Å². The van der Waals surface area contributed by atoms with Crippen LogP contribution in [0.3, 0.4) is 0 Å². The number of carboxylic acid groups (broad SMARTS) is 1. The van der Waals surface area contributed by atoms with Crippen LogP contribution in [0.2, 0.25) is 0 Å². The molecule has 0 rings (SSSR count). The molecular formula is C15H30N2O3. The van der Waals surface area contributed by atoms with Crippen molar-refractivity contribution >= 4 is 11.9 Å². The number of rotatable bonds is 10. The monoisotopic (exact) mass is 286 g/mol. The predicted molar refractivity (Wildman–Crippen MR) is 80.6 cm³/mol. The van der Waals surface area contributed by atoms with Gasteiger partial charge in [0.2, 0.25) is 5.91 Å². The molecule has 0 bridgehead atoms. The summed E-state index contributed by atoms with van der Waals surface area (Å²) in [5, 5.41) is 11.8. The standard InChI is InChI=1S/C15H30N2O3/c1-6-8-9-17(7-2)12(5)14(18)16-13(15(19)20)10-11(3)4/h11-13H,6-10H2,1-5H3,(H,16,18)(H,19,20). The number of amides is 1. The van der Waals surface area contributed by atoms with Gasteiger partial charge in [-0.15, -0.1) is 0 Å². The molecule has 2 unspecified atom stereocenters. The van der Waals surface area contributed by atoms with Gasteiger partial charge >= 0.3 is 5.97 Å². The van der Waals surface area contributed by atoms with E-state index in [0.29, 0.717) is 6.42 Å². The molecule has 0 spiro atoms. The summed E-state index contributed by atoms with van der Waals surface area (Å²) in [5.41, 5.74) is 0. The van der Waals surface area contributed by atoms with Gasteiger partial charge in [-0.05, 0) is 38.8 Å². The van der Waals surface area contributed by atoms with Crippen LogP contribution >= 0.6 is 0 Å². The highest BCUT2D eigenvalue weighted by Gasteiger charge is 2.26. The topological polar surface area (TPSA) is 69.6 Å². The molecule has 2 N–H and O–H groups in total. The summed E-state index contributed by atoms with van der Waals surface area (Å²) >= 11 is 0. The van der Waals surface area contributed by atoms with E-state index in [-0.39, 0.29) is 17.9 Å². The van der Waals surface area contributed by atoms with Gasteiger partial charge < -0.3 is 10.4 Å². The van der Waals surface area contributed by atoms with E-state index in [9.17, 15) is 9.59 Å². The molecule has 0 saturated carbocycles. The molecule has 0 heterocycles. The third kappa shape index (κ3) is 6.89. The van der Waals surface area contributed by atoms with E-state index < -0.39 is 12.0 Å². The Kier molecular flexibility index (Phi) is 9.21. The maximum atomic E-state index is 12.2. The van der Waals surface area contributed by atoms with Crippen LogP contribution in [0.1, 0.15) is 53.9 Å². The summed E-state index contributed by atoms with van der Waals surface area (Å²) in [5.74, 6) is -0.930. The van der Waals surface area contributed by atoms with E-state index in [1.165, 1.54) is 0 Å². The van der Waals surface area contributed by atoms with E-state index in [2.05, 4.69) is 17.1 Å². The summed E-state index contributed by atoms with van der Waals surface area (Å²) in [6.45, 7) is 11.5. The second kappa shape index (κ2) is 9.75. The van der Waals surface area contributed by atoms with Crippen molar-refractivity contribution in [2.45, 2.75) is 66.0 Å². The number of likely N-dealkylation sites (N-methyl/N-ethyl adjacent to an activating group) is 1. The summed E-state index contributed by atoms with van der Waals surface area (Å²) in [6, 6.07) is -1.09. The van der Waals surface area contributed by atoms with Crippen LogP contribution in [-0.4, -0.2) is 47.1 Å². The summed E-state index contributed by atoms with van der Waals surface area (Å²) in [7, 11) is 0. The molecular weight excluding hydrogens is 256 g/mol. The fourth-order valence-corrected chi connectivity index (χ4v) is 2.14. The summed E-state index contributed by atoms with van der Waals surface area (Å²) in [6.07, 6.45) is 2.57. The number of carboxylic acids is 1. The first kappa shape index (κ1) is 18.9. The summed E-state index contributed by atoms with van der Waals surface area (Å²) in [4.78, 5) is 25.4. The number of carbonyl (C=O) groups excluding carboxylic acids is 1. The fourth-order valence-electron chi connectivity index (χ4n) is 2.14. The van der Waals surface area contributed by atoms with Gasteiger partial charge in [-0.3, -0.25) is 9.69 Å². The van der Waals surface area contributed by atoms with Gasteiger partial charge in [-0.2, -0.15) is 0 Å². The fraction of sp³-hybridized carbons (Fsp3) is 0.867. The Bertz CT molecular complexity index is 305. The average molecular weight is 286 g/mol. The number of carbonyl (C=O) groups is 2. The number of hydrogen-bond acceptors (Lipinski definition) is 3. The molecule has 2 atom stereocenters. The van der Waals surface area contributed by atoms with Gasteiger partial charge in [-0.25, -0.2) is 4.79 Å². The predicted octanol–water partition coefficient (Wildman–Crippen LogP) is 2.11. The highest BCUT2D eigenvalue weighted by Crippen LogP contribution is 2.07. The number of hydrogen-bond donors (Lipinski definition) is 2. The largest absolute Gasteiger partial charge is 0.480 e. The highest BCUT2D eigenvalue weighted by molar-refractivity contribution is 5.86. The molecule has 5 heteroatoms. The Labute approximate surface area is 122 Å². The molecule has 0 aromatic carbocycles. The normalized spacial score (nSPS) is 14.3. The molecule has 0 fully saturated rings. The van der Waals surface area contributed by atoms with Gasteiger partial charge in [0.05, 0.1) is 6.04 Å². The van der Waals surface area contributed by atoms with Gasteiger partial charge in [0.15, 0.2) is 0 Å². The van der Waals surface area contributed by atoms with Crippen LogP contribution in [0.4, 0.5) is 0 Å². The molecule has 0 aliphatic heterocycles. The van der Waals surface area contributed by atoms with Crippen LogP contribution in [-0.2, 0) is 9.59 Å². The minimum atomic E-state index is -0.962. The van der Waals surface area contributed by atoms with Gasteiger partial charge in [0, 0.05) is 0 Å². The Morgan fingerprint density at radius 2 is 1.80 bits per heavy atom. The Morgan fingerprint density at radius 1 is 1.20 bits per heavy atom. The Balaban J connectivity index is 4.57. The van der Waals surface area contributed by atoms with Crippen LogP contribution in [0, 0.1) is 5.92 Å². The lowest BCUT2D eigenvalue weighted by atomic mass is 10.0. The first-order chi connectivity index (χ1) is 9.33. The second-order valence-electron chi connectivity index (χ2n) is 5.69. The maximum Gasteiger partial charge on any atom is 0.326 e. The smallest absolute Gasteiger partial charge is 0.326 e. The van der Waals surface area contributed by atoms with Crippen LogP contribution in [0.5, 0.6) is 0 Å². The SMILES string of the molecule is CCCCN(CC)C(C)C(=O)NC(CC(C)C)C(=O)O. The van der Waals surface area contributed by atoms with Crippen molar-refractivity contribution in [2.24, 2.45) is 5.92 Å². The maximum absolute atomic E-state index is 12.2. The zero-order chi connectivity index (χ0) is 15.7. The molecule has 0 saturated heterocycles. The lowest BCUT2D eigenvalue weighted by Gasteiger charge is -2.28. The van der Waals surface area contributed by atoms with E-state index in [1.54, 1.807) is 0 Å². The zero-order valence-corrected chi connectivity index (χ0v) is 13.5. The van der Waals surface area contributed by atoms with Crippen LogP contribution in [0.15, 0.2) is 0 Å². The zero-order valence-electron chi connectivity index (χ0n) is 13.5. The molecule has 20 heavy (non-hydrogen) atoms. The molecule has 0 aromatic rings. The van der Waals surface area contributed by atoms with Gasteiger partial charge in [0.25, 0.3) is 0 Å². The quantitative estimate of drug-likeness (QED) is 0.645. The molecule has 0 aromatic heterocycles. The molecule has 0 radical (unpaired) electrons. The van der Waals surface area contributed by atoms with Gasteiger partial charge in [0.1, 0.15) is 6.04 Å². The minimum Gasteiger partial charge on any atom is -0.480 e. The van der Waals surface area contributed by atoms with E-state index in [4.69, 9.17) is 5.11 Å². The molecule has 1 amide bonds. The van der Waals surface area contributed by atoms with E-state index >= 15 is 0 Å². The molecule has 5 nitrogen and oxygen atoms in total. The van der Waals surface area contributed by atoms with Gasteiger partial charge in [-0.1, -0.05) is 34.1 Å². The van der Waals surface area contributed by atoms with Crippen molar-refractivity contribution in [1.29, 1.82) is 0 Å². The number of unbranched alkanes of at least 4 members (excludes halogenated alkanes) is 1. The number of nitrogens with one attached hydrogen (secondary N) is 1. The van der Waals surface area contributed by atoms with Crippen molar-refractivity contribution in [3.8, 4) is 0 Å². The van der Waals surface area contributed by atoms with Crippen molar-refractivity contribution < 1.29 is 14.7 Å². The Morgan fingerprint density at radius 3 is 2.20 bits per heavy atom. The first-order valence-electron chi connectivity index (χ1n) is 7.60. The lowest BCUT2D eigenvalue weighted by molar-refractivity contribution is -0.143. The third-order valence-corrected chi connectivity index (χ3v) is 3.45. The molecule has 0 aliphatic carbocycles. The highest BCUT2D eigenvalue weighted by atomic mass is 16.4. The van der Waals surface area contributed by atoms with Crippen molar-refractivity contribution in [3.05, 3.63) is 0 Å². The van der Waals surface area contributed by atoms with Crippen molar-refractivity contribution in [3.63, 3.8) is 0 Å². The summed E-state index contributed by atoms with van der Waals surface area (Å²) < 4.78 is 0.